The fourth-order valence-electron chi connectivity index (χ4n) is 2.69. The van der Waals surface area contributed by atoms with Crippen LogP contribution in [-0.2, 0) is 6.54 Å². The molecule has 22 heavy (non-hydrogen) atoms. The van der Waals surface area contributed by atoms with Crippen molar-refractivity contribution in [3.63, 3.8) is 0 Å². The van der Waals surface area contributed by atoms with E-state index in [0.717, 1.165) is 16.8 Å². The number of nitrogens with two attached hydrogens (primary N) is 1. The van der Waals surface area contributed by atoms with Gasteiger partial charge in [0.15, 0.2) is 11.6 Å². The molecule has 2 N–H and O–H groups in total. The van der Waals surface area contributed by atoms with E-state index in [4.69, 9.17) is 5.73 Å². The van der Waals surface area contributed by atoms with Gasteiger partial charge in [0, 0.05) is 5.92 Å². The van der Waals surface area contributed by atoms with Gasteiger partial charge in [-0.2, -0.15) is 18.2 Å². The summed E-state index contributed by atoms with van der Waals surface area (Å²) >= 11 is 0. The van der Waals surface area contributed by atoms with Gasteiger partial charge in [0.2, 0.25) is 5.95 Å². The fraction of sp³-hybridized carbons (Fsp3) is 0.385. The van der Waals surface area contributed by atoms with Crippen LogP contribution in [0.5, 0.6) is 0 Å². The van der Waals surface area contributed by atoms with E-state index in [9.17, 15) is 22.0 Å². The molecule has 3 rings (SSSR count). The maximum absolute atomic E-state index is 13.4. The predicted octanol–water partition coefficient (Wildman–Crippen LogP) is 2.85. The summed E-state index contributed by atoms with van der Waals surface area (Å²) in [6.07, 6.45) is -4.73. The Balaban J connectivity index is 2.06. The number of nitrogens with zero attached hydrogens (tertiary/aromatic N) is 3. The molecule has 0 spiro atoms. The summed E-state index contributed by atoms with van der Waals surface area (Å²) in [7, 11) is 0. The highest BCUT2D eigenvalue weighted by atomic mass is 19.4. The van der Waals surface area contributed by atoms with Crippen molar-refractivity contribution in [1.82, 2.24) is 14.8 Å². The second-order valence-corrected chi connectivity index (χ2v) is 5.21. The van der Waals surface area contributed by atoms with Gasteiger partial charge in [-0.1, -0.05) is 6.07 Å². The Hall–Kier alpha value is -2.19. The summed E-state index contributed by atoms with van der Waals surface area (Å²) in [4.78, 5) is 3.92. The van der Waals surface area contributed by atoms with E-state index in [0.29, 0.717) is 0 Å². The zero-order valence-corrected chi connectivity index (χ0v) is 11.1. The Morgan fingerprint density at radius 1 is 1.18 bits per heavy atom. The summed E-state index contributed by atoms with van der Waals surface area (Å²) in [5.74, 6) is -4.60. The van der Waals surface area contributed by atoms with Gasteiger partial charge in [0.25, 0.3) is 0 Å². The number of benzene rings is 1. The molecule has 0 saturated heterocycles. The van der Waals surface area contributed by atoms with Gasteiger partial charge >= 0.3 is 6.18 Å². The van der Waals surface area contributed by atoms with E-state index in [1.54, 1.807) is 0 Å². The van der Waals surface area contributed by atoms with Crippen LogP contribution < -0.4 is 5.73 Å². The minimum atomic E-state index is -4.42. The Bertz CT molecular complexity index is 709. The lowest BCUT2D eigenvalue weighted by Gasteiger charge is -2.30. The molecule has 1 aliphatic heterocycles. The first-order valence-corrected chi connectivity index (χ1v) is 6.47. The van der Waals surface area contributed by atoms with Gasteiger partial charge in [-0.25, -0.2) is 13.5 Å². The smallest absolute Gasteiger partial charge is 0.366 e. The Morgan fingerprint density at radius 3 is 2.55 bits per heavy atom. The predicted molar refractivity (Wildman–Crippen MR) is 66.8 cm³/mol. The van der Waals surface area contributed by atoms with Crippen molar-refractivity contribution < 1.29 is 22.0 Å². The van der Waals surface area contributed by atoms with Gasteiger partial charge in [-0.05, 0) is 24.1 Å². The van der Waals surface area contributed by atoms with Crippen molar-refractivity contribution in [2.24, 2.45) is 5.92 Å². The Labute approximate surface area is 121 Å². The molecule has 118 valence electrons. The van der Waals surface area contributed by atoms with Crippen LogP contribution >= 0.6 is 0 Å². The molecule has 2 unspecified atom stereocenters. The molecule has 9 heteroatoms. The van der Waals surface area contributed by atoms with E-state index in [2.05, 4.69) is 10.1 Å². The van der Waals surface area contributed by atoms with E-state index < -0.39 is 29.6 Å². The molecule has 0 fully saturated rings. The maximum Gasteiger partial charge on any atom is 0.393 e. The average molecular weight is 318 g/mol. The zero-order chi connectivity index (χ0) is 16.1. The van der Waals surface area contributed by atoms with Crippen LogP contribution in [0.1, 0.15) is 23.7 Å². The van der Waals surface area contributed by atoms with Crippen LogP contribution in [0.2, 0.25) is 0 Å². The van der Waals surface area contributed by atoms with Crippen molar-refractivity contribution >= 4 is 5.95 Å². The van der Waals surface area contributed by atoms with Crippen molar-refractivity contribution in [2.75, 3.05) is 5.73 Å². The second-order valence-electron chi connectivity index (χ2n) is 5.21. The number of hydrogen-bond donors (Lipinski definition) is 1. The minimum Gasteiger partial charge on any atom is -0.366 e. The van der Waals surface area contributed by atoms with E-state index >= 15 is 0 Å². The highest BCUT2D eigenvalue weighted by Gasteiger charge is 2.45. The van der Waals surface area contributed by atoms with Crippen LogP contribution in [0.25, 0.3) is 0 Å². The summed E-state index contributed by atoms with van der Waals surface area (Å²) in [5, 5.41) is 3.75. The summed E-state index contributed by atoms with van der Waals surface area (Å²) in [6, 6.07) is 3.01. The molecule has 4 nitrogen and oxygen atoms in total. The normalized spacial score (nSPS) is 21.7. The van der Waals surface area contributed by atoms with Crippen LogP contribution in [0, 0.1) is 17.6 Å². The second kappa shape index (κ2) is 4.92. The van der Waals surface area contributed by atoms with Crippen LogP contribution in [0.15, 0.2) is 18.2 Å². The molecule has 2 aromatic rings. The van der Waals surface area contributed by atoms with Crippen LogP contribution in [0.3, 0.4) is 0 Å². The lowest BCUT2D eigenvalue weighted by molar-refractivity contribution is -0.184. The fourth-order valence-corrected chi connectivity index (χ4v) is 2.69. The average Bonchev–Trinajstić information content (AvgIpc) is 2.80. The Morgan fingerprint density at radius 2 is 1.91 bits per heavy atom. The monoisotopic (exact) mass is 318 g/mol. The van der Waals surface area contributed by atoms with E-state index in [-0.39, 0.29) is 30.3 Å². The van der Waals surface area contributed by atoms with E-state index in [1.165, 1.54) is 6.07 Å². The number of alkyl halides is 3. The molecule has 0 radical (unpaired) electrons. The number of rotatable bonds is 1. The van der Waals surface area contributed by atoms with Gasteiger partial charge in [-0.15, -0.1) is 5.10 Å². The minimum absolute atomic E-state index is 0.148. The molecule has 1 aliphatic rings. The molecule has 2 heterocycles. The third kappa shape index (κ3) is 2.51. The van der Waals surface area contributed by atoms with E-state index in [1.807, 2.05) is 0 Å². The number of hydrogen-bond acceptors (Lipinski definition) is 3. The molecule has 0 saturated carbocycles. The van der Waals surface area contributed by atoms with Gasteiger partial charge < -0.3 is 5.73 Å². The quantitative estimate of drug-likeness (QED) is 0.823. The summed E-state index contributed by atoms with van der Waals surface area (Å²) < 4.78 is 66.6. The first-order valence-electron chi connectivity index (χ1n) is 6.47. The maximum atomic E-state index is 13.4. The molecule has 0 bridgehead atoms. The molecule has 0 amide bonds. The third-order valence-corrected chi connectivity index (χ3v) is 3.75. The largest absolute Gasteiger partial charge is 0.393 e. The first-order chi connectivity index (χ1) is 10.3. The van der Waals surface area contributed by atoms with Gasteiger partial charge in [0.05, 0.1) is 12.5 Å². The Kier molecular flexibility index (Phi) is 3.30. The van der Waals surface area contributed by atoms with Gasteiger partial charge in [-0.3, -0.25) is 0 Å². The molecule has 1 aromatic heterocycles. The molecule has 0 aliphatic carbocycles. The summed E-state index contributed by atoms with van der Waals surface area (Å²) in [5.41, 5.74) is 5.66. The van der Waals surface area contributed by atoms with Crippen LogP contribution in [-0.4, -0.2) is 20.9 Å². The van der Waals surface area contributed by atoms with Crippen molar-refractivity contribution in [1.29, 1.82) is 0 Å². The number of fused-ring (bicyclic) bond motifs is 1. The zero-order valence-electron chi connectivity index (χ0n) is 11.1. The molecular formula is C13H11F5N4. The van der Waals surface area contributed by atoms with Crippen molar-refractivity contribution in [3.8, 4) is 0 Å². The molecule has 1 aromatic carbocycles. The van der Waals surface area contributed by atoms with Crippen molar-refractivity contribution in [3.05, 3.63) is 41.2 Å². The molecular weight excluding hydrogens is 307 g/mol. The number of nitrogen functional groups attached to an aromatic ring is 1. The number of halogens is 5. The standard InChI is InChI=1S/C13H11F5N4/c14-9-2-1-6(3-10(9)15)8-4-7(13(16,17)18)5-22-11(8)20-12(19)21-22/h1-3,7-8H,4-5H2,(H2,19,21). The highest BCUT2D eigenvalue weighted by molar-refractivity contribution is 5.30. The number of anilines is 1. The lowest BCUT2D eigenvalue weighted by atomic mass is 9.85. The van der Waals surface area contributed by atoms with Gasteiger partial charge in [0.1, 0.15) is 5.82 Å². The first kappa shape index (κ1) is 14.7. The topological polar surface area (TPSA) is 56.7 Å². The van der Waals surface area contributed by atoms with Crippen LogP contribution in [0.4, 0.5) is 27.9 Å². The number of aromatic nitrogens is 3. The molecule has 2 atom stereocenters. The third-order valence-electron chi connectivity index (χ3n) is 3.75. The van der Waals surface area contributed by atoms with Crippen molar-refractivity contribution in [2.45, 2.75) is 25.1 Å². The summed E-state index contributed by atoms with van der Waals surface area (Å²) in [6.45, 7) is -0.386. The SMILES string of the molecule is Nc1nc2n(n1)CC(C(F)(F)F)CC2c1ccc(F)c(F)c1. The highest BCUT2D eigenvalue weighted by Crippen LogP contribution is 2.42. The lowest BCUT2D eigenvalue weighted by Crippen LogP contribution is -2.35.